The number of thiophene rings is 1. The molecule has 6 heteroatoms. The Morgan fingerprint density at radius 2 is 1.89 bits per heavy atom. The van der Waals surface area contributed by atoms with E-state index in [-0.39, 0.29) is 17.1 Å². The number of anilines is 1. The first kappa shape index (κ1) is 12.5. The Bertz CT molecular complexity index is 563. The number of carboxylic acids is 1. The summed E-state index contributed by atoms with van der Waals surface area (Å²) in [5.41, 5.74) is -0.206. The molecule has 0 radical (unpaired) electrons. The van der Waals surface area contributed by atoms with Gasteiger partial charge in [-0.15, -0.1) is 11.3 Å². The lowest BCUT2D eigenvalue weighted by Gasteiger charge is -2.06. The lowest BCUT2D eigenvalue weighted by molar-refractivity contribution is 0.0702. The third-order valence-electron chi connectivity index (χ3n) is 2.27. The fourth-order valence-corrected chi connectivity index (χ4v) is 2.22. The normalized spacial score (nSPS) is 10.3. The Morgan fingerprint density at radius 1 is 1.22 bits per heavy atom. The van der Waals surface area contributed by atoms with Gasteiger partial charge in [0, 0.05) is 11.4 Å². The minimum atomic E-state index is -1.01. The van der Waals surface area contributed by atoms with Crippen LogP contribution in [0, 0.1) is 11.6 Å². The molecule has 0 unspecified atom stereocenters. The van der Waals surface area contributed by atoms with Gasteiger partial charge in [0.05, 0.1) is 0 Å². The molecule has 0 aliphatic rings. The molecule has 0 spiro atoms. The molecule has 0 saturated carbocycles. The zero-order valence-electron chi connectivity index (χ0n) is 9.11. The van der Waals surface area contributed by atoms with Gasteiger partial charge in [-0.3, -0.25) is 0 Å². The van der Waals surface area contributed by atoms with Gasteiger partial charge in [0.15, 0.2) is 0 Å². The van der Waals surface area contributed by atoms with Gasteiger partial charge in [0.25, 0.3) is 0 Å². The van der Waals surface area contributed by atoms with Crippen molar-refractivity contribution in [3.63, 3.8) is 0 Å². The second-order valence-corrected chi connectivity index (χ2v) is 4.69. The van der Waals surface area contributed by atoms with E-state index in [4.69, 9.17) is 5.11 Å². The van der Waals surface area contributed by atoms with Gasteiger partial charge in [-0.05, 0) is 24.3 Å². The van der Waals surface area contributed by atoms with Crippen LogP contribution in [0.15, 0.2) is 30.3 Å². The number of benzene rings is 1. The van der Waals surface area contributed by atoms with Gasteiger partial charge >= 0.3 is 5.97 Å². The number of aromatic carboxylic acids is 1. The predicted molar refractivity (Wildman–Crippen MR) is 65.0 cm³/mol. The summed E-state index contributed by atoms with van der Waals surface area (Å²) < 4.78 is 26.6. The maximum atomic E-state index is 13.3. The second-order valence-electron chi connectivity index (χ2n) is 3.52. The van der Waals surface area contributed by atoms with Crippen LogP contribution in [0.1, 0.15) is 14.5 Å². The van der Waals surface area contributed by atoms with Gasteiger partial charge in [0.2, 0.25) is 0 Å². The highest BCUT2D eigenvalue weighted by molar-refractivity contribution is 7.13. The molecule has 0 amide bonds. The van der Waals surface area contributed by atoms with Crippen molar-refractivity contribution in [2.24, 2.45) is 0 Å². The molecule has 0 aliphatic carbocycles. The van der Waals surface area contributed by atoms with E-state index in [9.17, 15) is 13.6 Å². The average Bonchev–Trinajstić information content (AvgIpc) is 2.77. The highest BCUT2D eigenvalue weighted by Gasteiger charge is 2.10. The van der Waals surface area contributed by atoms with Crippen molar-refractivity contribution in [2.45, 2.75) is 6.54 Å². The molecule has 1 heterocycles. The number of nitrogens with one attached hydrogen (secondary N) is 1. The van der Waals surface area contributed by atoms with Crippen LogP contribution in [0.4, 0.5) is 14.5 Å². The smallest absolute Gasteiger partial charge is 0.345 e. The fourth-order valence-electron chi connectivity index (χ4n) is 1.43. The van der Waals surface area contributed by atoms with Crippen LogP contribution in [0.3, 0.4) is 0 Å². The molecule has 0 atom stereocenters. The number of hydrogen-bond donors (Lipinski definition) is 2. The molecule has 3 nitrogen and oxygen atoms in total. The maximum Gasteiger partial charge on any atom is 0.345 e. The summed E-state index contributed by atoms with van der Waals surface area (Å²) in [4.78, 5) is 11.6. The van der Waals surface area contributed by atoms with Crippen molar-refractivity contribution in [3.8, 4) is 0 Å². The van der Waals surface area contributed by atoms with Gasteiger partial charge < -0.3 is 10.4 Å². The molecule has 94 valence electrons. The molecule has 0 aliphatic heterocycles. The lowest BCUT2D eigenvalue weighted by atomic mass is 10.3. The monoisotopic (exact) mass is 269 g/mol. The molecule has 2 aromatic rings. The molecule has 0 saturated heterocycles. The van der Waals surface area contributed by atoms with Crippen LogP contribution in [0.25, 0.3) is 0 Å². The molecular formula is C12H9F2NO2S. The largest absolute Gasteiger partial charge is 0.477 e. The van der Waals surface area contributed by atoms with Crippen molar-refractivity contribution in [1.29, 1.82) is 0 Å². The van der Waals surface area contributed by atoms with Gasteiger partial charge in [-0.2, -0.15) is 0 Å². The van der Waals surface area contributed by atoms with Crippen molar-refractivity contribution in [1.82, 2.24) is 0 Å². The molecule has 1 aromatic carbocycles. The molecular weight excluding hydrogens is 260 g/mol. The van der Waals surface area contributed by atoms with E-state index in [2.05, 4.69) is 5.32 Å². The molecule has 0 bridgehead atoms. The van der Waals surface area contributed by atoms with Gasteiger partial charge in [0.1, 0.15) is 22.2 Å². The van der Waals surface area contributed by atoms with Gasteiger partial charge in [-0.1, -0.05) is 6.07 Å². The Balaban J connectivity index is 2.09. The first-order valence-electron chi connectivity index (χ1n) is 5.08. The highest BCUT2D eigenvalue weighted by Crippen LogP contribution is 2.21. The third-order valence-corrected chi connectivity index (χ3v) is 3.35. The van der Waals surface area contributed by atoms with E-state index in [0.29, 0.717) is 4.88 Å². The third kappa shape index (κ3) is 2.65. The zero-order chi connectivity index (χ0) is 13.1. The summed E-state index contributed by atoms with van der Waals surface area (Å²) in [5, 5.41) is 11.4. The molecule has 0 fully saturated rings. The first-order valence-corrected chi connectivity index (χ1v) is 5.89. The summed E-state index contributed by atoms with van der Waals surface area (Å²) in [7, 11) is 0. The standard InChI is InChI=1S/C12H9F2NO2S/c13-8-2-1-3-9(14)11(8)15-6-7-4-5-10(18-7)12(16)17/h1-5,15H,6H2,(H,16,17). The number of carboxylic acid groups (broad SMARTS) is 1. The van der Waals surface area contributed by atoms with E-state index in [0.717, 1.165) is 23.5 Å². The topological polar surface area (TPSA) is 49.3 Å². The van der Waals surface area contributed by atoms with E-state index in [1.54, 1.807) is 6.07 Å². The fraction of sp³-hybridized carbons (Fsp3) is 0.0833. The maximum absolute atomic E-state index is 13.3. The molecule has 2 rings (SSSR count). The number of hydrogen-bond acceptors (Lipinski definition) is 3. The zero-order valence-corrected chi connectivity index (χ0v) is 9.93. The summed E-state index contributed by atoms with van der Waals surface area (Å²) in [5.74, 6) is -2.36. The summed E-state index contributed by atoms with van der Waals surface area (Å²) in [6, 6.07) is 6.66. The van der Waals surface area contributed by atoms with Crippen molar-refractivity contribution in [3.05, 3.63) is 51.7 Å². The van der Waals surface area contributed by atoms with Crippen LogP contribution in [0.2, 0.25) is 0 Å². The van der Waals surface area contributed by atoms with Crippen molar-refractivity contribution in [2.75, 3.05) is 5.32 Å². The molecule has 1 aromatic heterocycles. The summed E-state index contributed by atoms with van der Waals surface area (Å²) >= 11 is 1.07. The minimum absolute atomic E-state index is 0.176. The molecule has 18 heavy (non-hydrogen) atoms. The average molecular weight is 269 g/mol. The van der Waals surface area contributed by atoms with E-state index >= 15 is 0 Å². The Kier molecular flexibility index (Phi) is 3.57. The van der Waals surface area contributed by atoms with Crippen molar-refractivity contribution < 1.29 is 18.7 Å². The highest BCUT2D eigenvalue weighted by atomic mass is 32.1. The van der Waals surface area contributed by atoms with Crippen LogP contribution in [-0.2, 0) is 6.54 Å². The quantitative estimate of drug-likeness (QED) is 0.895. The Morgan fingerprint density at radius 3 is 2.44 bits per heavy atom. The SMILES string of the molecule is O=C(O)c1ccc(CNc2c(F)cccc2F)s1. The molecule has 2 N–H and O–H groups in total. The van der Waals surface area contributed by atoms with E-state index in [1.807, 2.05) is 0 Å². The minimum Gasteiger partial charge on any atom is -0.477 e. The lowest BCUT2D eigenvalue weighted by Crippen LogP contribution is -2.02. The number of para-hydroxylation sites is 1. The van der Waals surface area contributed by atoms with Crippen LogP contribution >= 0.6 is 11.3 Å². The number of halogens is 2. The second kappa shape index (κ2) is 5.14. The van der Waals surface area contributed by atoms with E-state index < -0.39 is 17.6 Å². The van der Waals surface area contributed by atoms with Crippen molar-refractivity contribution >= 4 is 23.0 Å². The van der Waals surface area contributed by atoms with Crippen LogP contribution in [-0.4, -0.2) is 11.1 Å². The first-order chi connectivity index (χ1) is 8.58. The summed E-state index contributed by atoms with van der Waals surface area (Å²) in [6.45, 7) is 0.176. The number of carbonyl (C=O) groups is 1. The Labute approximate surface area is 106 Å². The van der Waals surface area contributed by atoms with E-state index in [1.165, 1.54) is 12.1 Å². The van der Waals surface area contributed by atoms with Crippen LogP contribution in [0.5, 0.6) is 0 Å². The predicted octanol–water partition coefficient (Wildman–Crippen LogP) is 3.34. The summed E-state index contributed by atoms with van der Waals surface area (Å²) in [6.07, 6.45) is 0. The Hall–Kier alpha value is -1.95. The van der Waals surface area contributed by atoms with Crippen LogP contribution < -0.4 is 5.32 Å². The van der Waals surface area contributed by atoms with Gasteiger partial charge in [-0.25, -0.2) is 13.6 Å². The number of rotatable bonds is 4.